The normalized spacial score (nSPS) is 18.9. The number of hydrogen-bond acceptors (Lipinski definition) is 6. The van der Waals surface area contributed by atoms with E-state index in [1.54, 1.807) is 0 Å². The second-order valence-electron chi connectivity index (χ2n) is 6.44. The SMILES string of the molecule is CC(N)C(=O)NC(CCCCN)C(=O)N1CCCC1C(=O)NCC(=O)O. The number of carboxylic acid groups (broad SMARTS) is 1. The summed E-state index contributed by atoms with van der Waals surface area (Å²) in [6.45, 7) is 1.88. The van der Waals surface area contributed by atoms with Gasteiger partial charge in [0.2, 0.25) is 17.7 Å². The van der Waals surface area contributed by atoms with Crippen LogP contribution >= 0.6 is 0 Å². The molecule has 1 fully saturated rings. The maximum atomic E-state index is 12.9. The summed E-state index contributed by atoms with van der Waals surface area (Å²) in [6.07, 6.45) is 2.84. The van der Waals surface area contributed by atoms with Crippen LogP contribution in [0.5, 0.6) is 0 Å². The fourth-order valence-electron chi connectivity index (χ4n) is 2.84. The fraction of sp³-hybridized carbons (Fsp3) is 0.750. The Morgan fingerprint density at radius 1 is 1.27 bits per heavy atom. The molecule has 0 aromatic heterocycles. The van der Waals surface area contributed by atoms with Crippen molar-refractivity contribution < 1.29 is 24.3 Å². The van der Waals surface area contributed by atoms with Gasteiger partial charge in [0.1, 0.15) is 18.6 Å². The first-order valence-electron chi connectivity index (χ1n) is 8.84. The molecule has 3 atom stereocenters. The Labute approximate surface area is 152 Å². The van der Waals surface area contributed by atoms with E-state index in [2.05, 4.69) is 10.6 Å². The zero-order chi connectivity index (χ0) is 19.7. The number of carbonyl (C=O) groups is 4. The minimum absolute atomic E-state index is 0.357. The van der Waals surface area contributed by atoms with E-state index >= 15 is 0 Å². The monoisotopic (exact) mass is 371 g/mol. The average molecular weight is 371 g/mol. The molecule has 0 aromatic rings. The minimum Gasteiger partial charge on any atom is -0.480 e. The summed E-state index contributed by atoms with van der Waals surface area (Å²) < 4.78 is 0. The Bertz CT molecular complexity index is 525. The molecule has 7 N–H and O–H groups in total. The van der Waals surface area contributed by atoms with Crippen LogP contribution in [0.1, 0.15) is 39.0 Å². The van der Waals surface area contributed by atoms with Crippen LogP contribution in [0.2, 0.25) is 0 Å². The molecule has 1 heterocycles. The predicted octanol–water partition coefficient (Wildman–Crippen LogP) is -1.86. The molecule has 3 unspecified atom stereocenters. The number of nitrogens with two attached hydrogens (primary N) is 2. The van der Waals surface area contributed by atoms with Crippen molar-refractivity contribution in [2.75, 3.05) is 19.6 Å². The molecule has 0 aliphatic carbocycles. The van der Waals surface area contributed by atoms with E-state index in [-0.39, 0.29) is 5.91 Å². The van der Waals surface area contributed by atoms with E-state index in [0.717, 1.165) is 0 Å². The third-order valence-electron chi connectivity index (χ3n) is 4.23. The molecule has 0 radical (unpaired) electrons. The second kappa shape index (κ2) is 10.7. The summed E-state index contributed by atoms with van der Waals surface area (Å²) >= 11 is 0. The van der Waals surface area contributed by atoms with Crippen molar-refractivity contribution >= 4 is 23.7 Å². The molecule has 0 saturated carbocycles. The van der Waals surface area contributed by atoms with Crippen LogP contribution in [-0.4, -0.2) is 71.5 Å². The molecule has 10 heteroatoms. The number of carbonyl (C=O) groups excluding carboxylic acids is 3. The summed E-state index contributed by atoms with van der Waals surface area (Å²) in [7, 11) is 0. The van der Waals surface area contributed by atoms with Gasteiger partial charge in [-0.05, 0) is 45.6 Å². The molecular weight excluding hydrogens is 342 g/mol. The highest BCUT2D eigenvalue weighted by Gasteiger charge is 2.37. The first-order valence-corrected chi connectivity index (χ1v) is 8.84. The molecule has 148 valence electrons. The van der Waals surface area contributed by atoms with Gasteiger partial charge in [0.25, 0.3) is 0 Å². The first kappa shape index (κ1) is 21.8. The molecule has 1 aliphatic rings. The van der Waals surface area contributed by atoms with Crippen molar-refractivity contribution in [1.82, 2.24) is 15.5 Å². The third-order valence-corrected chi connectivity index (χ3v) is 4.23. The van der Waals surface area contributed by atoms with Gasteiger partial charge in [-0.25, -0.2) is 0 Å². The molecule has 1 rings (SSSR count). The van der Waals surface area contributed by atoms with Gasteiger partial charge in [-0.3, -0.25) is 19.2 Å². The van der Waals surface area contributed by atoms with Gasteiger partial charge in [-0.1, -0.05) is 0 Å². The number of unbranched alkanes of at least 4 members (excludes halogenated alkanes) is 1. The third kappa shape index (κ3) is 6.60. The lowest BCUT2D eigenvalue weighted by atomic mass is 10.1. The summed E-state index contributed by atoms with van der Waals surface area (Å²) in [6, 6.07) is -2.27. The maximum absolute atomic E-state index is 12.9. The molecule has 10 nitrogen and oxygen atoms in total. The van der Waals surface area contributed by atoms with Gasteiger partial charge >= 0.3 is 5.97 Å². The van der Waals surface area contributed by atoms with E-state index in [4.69, 9.17) is 16.6 Å². The number of nitrogens with one attached hydrogen (secondary N) is 2. The van der Waals surface area contributed by atoms with Gasteiger partial charge in [0, 0.05) is 6.54 Å². The van der Waals surface area contributed by atoms with Crippen molar-refractivity contribution in [2.24, 2.45) is 11.5 Å². The van der Waals surface area contributed by atoms with Gasteiger partial charge in [0.05, 0.1) is 6.04 Å². The summed E-state index contributed by atoms with van der Waals surface area (Å²) in [5.41, 5.74) is 11.0. The fourth-order valence-corrected chi connectivity index (χ4v) is 2.84. The van der Waals surface area contributed by atoms with Crippen molar-refractivity contribution in [2.45, 2.75) is 57.2 Å². The Balaban J connectivity index is 2.80. The van der Waals surface area contributed by atoms with E-state index in [9.17, 15) is 19.2 Å². The lowest BCUT2D eigenvalue weighted by molar-refractivity contribution is -0.143. The minimum atomic E-state index is -1.15. The zero-order valence-corrected chi connectivity index (χ0v) is 15.1. The van der Waals surface area contributed by atoms with Crippen molar-refractivity contribution in [3.05, 3.63) is 0 Å². The van der Waals surface area contributed by atoms with E-state index < -0.39 is 42.5 Å². The molecule has 1 aliphatic heterocycles. The van der Waals surface area contributed by atoms with Crippen LogP contribution in [0.15, 0.2) is 0 Å². The number of aliphatic carboxylic acids is 1. The second-order valence-corrected chi connectivity index (χ2v) is 6.44. The predicted molar refractivity (Wildman–Crippen MR) is 93.9 cm³/mol. The number of amides is 3. The molecule has 0 aromatic carbocycles. The molecule has 1 saturated heterocycles. The highest BCUT2D eigenvalue weighted by atomic mass is 16.4. The Morgan fingerprint density at radius 3 is 2.54 bits per heavy atom. The van der Waals surface area contributed by atoms with Crippen LogP contribution in [0.4, 0.5) is 0 Å². The quantitative estimate of drug-likeness (QED) is 0.280. The number of rotatable bonds is 10. The van der Waals surface area contributed by atoms with Crippen molar-refractivity contribution in [1.29, 1.82) is 0 Å². The van der Waals surface area contributed by atoms with Crippen molar-refractivity contribution in [3.8, 4) is 0 Å². The zero-order valence-electron chi connectivity index (χ0n) is 15.1. The van der Waals surface area contributed by atoms with E-state index in [0.29, 0.717) is 45.2 Å². The van der Waals surface area contributed by atoms with Crippen LogP contribution < -0.4 is 22.1 Å². The van der Waals surface area contributed by atoms with Crippen LogP contribution in [0, 0.1) is 0 Å². The molecular formula is C16H29N5O5. The first-order chi connectivity index (χ1) is 12.3. The summed E-state index contributed by atoms with van der Waals surface area (Å²) in [4.78, 5) is 49.0. The van der Waals surface area contributed by atoms with Gasteiger partial charge in [-0.2, -0.15) is 0 Å². The van der Waals surface area contributed by atoms with Crippen molar-refractivity contribution in [3.63, 3.8) is 0 Å². The summed E-state index contributed by atoms with van der Waals surface area (Å²) in [5, 5.41) is 13.6. The van der Waals surface area contributed by atoms with Crippen LogP contribution in [-0.2, 0) is 19.2 Å². The maximum Gasteiger partial charge on any atom is 0.322 e. The van der Waals surface area contributed by atoms with E-state index in [1.165, 1.54) is 11.8 Å². The molecule has 26 heavy (non-hydrogen) atoms. The van der Waals surface area contributed by atoms with Gasteiger partial charge < -0.3 is 32.1 Å². The topological polar surface area (TPSA) is 168 Å². The van der Waals surface area contributed by atoms with Crippen LogP contribution in [0.3, 0.4) is 0 Å². The lowest BCUT2D eigenvalue weighted by Gasteiger charge is -2.29. The largest absolute Gasteiger partial charge is 0.480 e. The standard InChI is InChI=1S/C16H29N5O5/c1-10(18)14(24)20-11(5-2-3-7-17)16(26)21-8-4-6-12(21)15(25)19-9-13(22)23/h10-12H,2-9,17-18H2,1H3,(H,19,25)(H,20,24)(H,22,23). The Kier molecular flexibility index (Phi) is 9.00. The number of likely N-dealkylation sites (tertiary alicyclic amines) is 1. The Morgan fingerprint density at radius 2 is 1.96 bits per heavy atom. The highest BCUT2D eigenvalue weighted by molar-refractivity contribution is 5.94. The number of hydrogen-bond donors (Lipinski definition) is 5. The van der Waals surface area contributed by atoms with Gasteiger partial charge in [-0.15, -0.1) is 0 Å². The molecule has 0 bridgehead atoms. The molecule has 3 amide bonds. The van der Waals surface area contributed by atoms with Gasteiger partial charge in [0.15, 0.2) is 0 Å². The molecule has 0 spiro atoms. The highest BCUT2D eigenvalue weighted by Crippen LogP contribution is 2.20. The lowest BCUT2D eigenvalue weighted by Crippen LogP contribution is -2.55. The number of carboxylic acids is 1. The Hall–Kier alpha value is -2.20. The van der Waals surface area contributed by atoms with E-state index in [1.807, 2.05) is 0 Å². The summed E-state index contributed by atoms with van der Waals surface area (Å²) in [5.74, 6) is -2.46. The smallest absolute Gasteiger partial charge is 0.322 e. The average Bonchev–Trinajstić information content (AvgIpc) is 3.07. The number of nitrogens with zero attached hydrogens (tertiary/aromatic N) is 1. The van der Waals surface area contributed by atoms with Crippen LogP contribution in [0.25, 0.3) is 0 Å².